The minimum atomic E-state index is -0.861. The molecule has 2 nitrogen and oxygen atoms in total. The lowest BCUT2D eigenvalue weighted by atomic mass is 10.0. The van der Waals surface area contributed by atoms with Crippen molar-refractivity contribution in [2.45, 2.75) is 32.4 Å². The predicted octanol–water partition coefficient (Wildman–Crippen LogP) is 2.60. The lowest BCUT2D eigenvalue weighted by molar-refractivity contribution is -0.136. The van der Waals surface area contributed by atoms with Crippen LogP contribution in [-0.4, -0.2) is 17.2 Å². The Morgan fingerprint density at radius 1 is 1.47 bits per heavy atom. The highest BCUT2D eigenvalue weighted by Gasteiger charge is 2.03. The third-order valence-corrected chi connectivity index (χ3v) is 2.14. The molecule has 82 valence electrons. The fourth-order valence-electron chi connectivity index (χ4n) is 1.49. The minimum absolute atomic E-state index is 0.120. The summed E-state index contributed by atoms with van der Waals surface area (Å²) in [6.07, 6.45) is 0.152. The van der Waals surface area contributed by atoms with E-state index in [9.17, 15) is 9.18 Å². The summed E-state index contributed by atoms with van der Waals surface area (Å²) < 4.78 is 12.7. The standard InChI is InChI=1S/C12H15FO2/c1-9(13)7-11-4-2-3-10(8-11)5-6-12(14)15/h2-4,8-9H,5-7H2,1H3,(H,14,15). The SMILES string of the molecule is CC(F)Cc1cccc(CCC(=O)O)c1. The van der Waals surface area contributed by atoms with Crippen molar-refractivity contribution in [2.75, 3.05) is 0 Å². The van der Waals surface area contributed by atoms with Crippen molar-refractivity contribution in [3.8, 4) is 0 Å². The van der Waals surface area contributed by atoms with Crippen LogP contribution < -0.4 is 0 Å². The number of aryl methyl sites for hydroxylation is 1. The summed E-state index contributed by atoms with van der Waals surface area (Å²) in [7, 11) is 0. The van der Waals surface area contributed by atoms with Crippen molar-refractivity contribution < 1.29 is 14.3 Å². The lowest BCUT2D eigenvalue weighted by Crippen LogP contribution is -2.01. The molecule has 15 heavy (non-hydrogen) atoms. The van der Waals surface area contributed by atoms with E-state index in [2.05, 4.69) is 0 Å². The van der Waals surface area contributed by atoms with E-state index in [1.807, 2.05) is 24.3 Å². The van der Waals surface area contributed by atoms with Gasteiger partial charge in [-0.2, -0.15) is 0 Å². The Labute approximate surface area is 88.7 Å². The van der Waals surface area contributed by atoms with Gasteiger partial charge in [0.25, 0.3) is 0 Å². The summed E-state index contributed by atoms with van der Waals surface area (Å²) in [6.45, 7) is 1.52. The van der Waals surface area contributed by atoms with Crippen molar-refractivity contribution in [1.82, 2.24) is 0 Å². The molecule has 0 aliphatic rings. The number of benzene rings is 1. The van der Waals surface area contributed by atoms with Crippen LogP contribution in [0.15, 0.2) is 24.3 Å². The van der Waals surface area contributed by atoms with Gasteiger partial charge in [-0.3, -0.25) is 4.79 Å². The summed E-state index contributed by atoms with van der Waals surface area (Å²) in [5.41, 5.74) is 1.88. The van der Waals surface area contributed by atoms with E-state index in [1.165, 1.54) is 6.92 Å². The van der Waals surface area contributed by atoms with Crippen LogP contribution in [0.3, 0.4) is 0 Å². The number of hydrogen-bond acceptors (Lipinski definition) is 1. The van der Waals surface area contributed by atoms with Crippen molar-refractivity contribution in [1.29, 1.82) is 0 Å². The molecule has 3 heteroatoms. The summed E-state index contributed by atoms with van der Waals surface area (Å²) >= 11 is 0. The average Bonchev–Trinajstić information content (AvgIpc) is 2.14. The number of carboxylic acids is 1. The second kappa shape index (κ2) is 5.49. The predicted molar refractivity (Wildman–Crippen MR) is 56.7 cm³/mol. The molecular weight excluding hydrogens is 195 g/mol. The van der Waals surface area contributed by atoms with Gasteiger partial charge in [0.05, 0.1) is 0 Å². The second-order valence-corrected chi connectivity index (χ2v) is 3.70. The van der Waals surface area contributed by atoms with E-state index in [4.69, 9.17) is 5.11 Å². The quantitative estimate of drug-likeness (QED) is 0.811. The topological polar surface area (TPSA) is 37.3 Å². The Morgan fingerprint density at radius 2 is 2.13 bits per heavy atom. The number of hydrogen-bond donors (Lipinski definition) is 1. The smallest absolute Gasteiger partial charge is 0.303 e. The number of carboxylic acid groups (broad SMARTS) is 1. The Kier molecular flexibility index (Phi) is 4.28. The van der Waals surface area contributed by atoms with E-state index < -0.39 is 12.1 Å². The van der Waals surface area contributed by atoms with Gasteiger partial charge in [0.2, 0.25) is 0 Å². The first-order chi connectivity index (χ1) is 7.08. The van der Waals surface area contributed by atoms with Gasteiger partial charge in [0.15, 0.2) is 0 Å². The molecule has 1 aromatic rings. The van der Waals surface area contributed by atoms with E-state index >= 15 is 0 Å². The molecule has 1 N–H and O–H groups in total. The van der Waals surface area contributed by atoms with Gasteiger partial charge in [0.1, 0.15) is 6.17 Å². The molecule has 0 radical (unpaired) electrons. The Balaban J connectivity index is 2.61. The highest BCUT2D eigenvalue weighted by Crippen LogP contribution is 2.10. The van der Waals surface area contributed by atoms with Crippen LogP contribution >= 0.6 is 0 Å². The second-order valence-electron chi connectivity index (χ2n) is 3.70. The van der Waals surface area contributed by atoms with E-state index in [-0.39, 0.29) is 6.42 Å². The lowest BCUT2D eigenvalue weighted by Gasteiger charge is -2.05. The van der Waals surface area contributed by atoms with Gasteiger partial charge >= 0.3 is 5.97 Å². The van der Waals surface area contributed by atoms with Gasteiger partial charge in [-0.1, -0.05) is 24.3 Å². The third-order valence-electron chi connectivity index (χ3n) is 2.14. The van der Waals surface area contributed by atoms with E-state index in [0.717, 1.165) is 11.1 Å². The molecule has 1 rings (SSSR count). The molecule has 0 saturated heterocycles. The third kappa shape index (κ3) is 4.58. The molecule has 0 heterocycles. The zero-order valence-corrected chi connectivity index (χ0v) is 8.74. The van der Waals surface area contributed by atoms with Crippen molar-refractivity contribution in [3.05, 3.63) is 35.4 Å². The average molecular weight is 210 g/mol. The number of aliphatic carboxylic acids is 1. The van der Waals surface area contributed by atoms with Crippen LogP contribution in [0.1, 0.15) is 24.5 Å². The van der Waals surface area contributed by atoms with Gasteiger partial charge in [-0.15, -0.1) is 0 Å². The first kappa shape index (κ1) is 11.7. The van der Waals surface area contributed by atoms with Crippen LogP contribution in [0.5, 0.6) is 0 Å². The molecule has 0 amide bonds. The summed E-state index contributed by atoms with van der Waals surface area (Å²) in [6, 6.07) is 7.45. The van der Waals surface area contributed by atoms with Crippen LogP contribution in [0.25, 0.3) is 0 Å². The number of alkyl halides is 1. The minimum Gasteiger partial charge on any atom is -0.481 e. The van der Waals surface area contributed by atoms with E-state index in [1.54, 1.807) is 0 Å². The molecule has 1 aromatic carbocycles. The molecular formula is C12H15FO2. The Hall–Kier alpha value is -1.38. The van der Waals surface area contributed by atoms with Gasteiger partial charge in [-0.05, 0) is 24.5 Å². The molecule has 1 atom stereocenters. The first-order valence-corrected chi connectivity index (χ1v) is 5.01. The fraction of sp³-hybridized carbons (Fsp3) is 0.417. The first-order valence-electron chi connectivity index (χ1n) is 5.01. The number of carbonyl (C=O) groups is 1. The molecule has 0 bridgehead atoms. The number of halogens is 1. The summed E-state index contributed by atoms with van der Waals surface area (Å²) in [5, 5.41) is 8.53. The van der Waals surface area contributed by atoms with Crippen LogP contribution in [0.4, 0.5) is 4.39 Å². The summed E-state index contributed by atoms with van der Waals surface area (Å²) in [4.78, 5) is 10.4. The number of rotatable bonds is 5. The molecule has 0 saturated carbocycles. The maximum Gasteiger partial charge on any atom is 0.303 e. The van der Waals surface area contributed by atoms with Gasteiger partial charge < -0.3 is 5.11 Å². The molecule has 0 fully saturated rings. The van der Waals surface area contributed by atoms with Crippen molar-refractivity contribution >= 4 is 5.97 Å². The largest absolute Gasteiger partial charge is 0.481 e. The summed E-state index contributed by atoms with van der Waals surface area (Å²) in [5.74, 6) is -0.806. The van der Waals surface area contributed by atoms with E-state index in [0.29, 0.717) is 12.8 Å². The zero-order chi connectivity index (χ0) is 11.3. The van der Waals surface area contributed by atoms with Crippen molar-refractivity contribution in [2.24, 2.45) is 0 Å². The Morgan fingerprint density at radius 3 is 2.73 bits per heavy atom. The van der Waals surface area contributed by atoms with Crippen LogP contribution in [-0.2, 0) is 17.6 Å². The normalized spacial score (nSPS) is 12.4. The maximum atomic E-state index is 12.7. The monoisotopic (exact) mass is 210 g/mol. The molecule has 0 aliphatic heterocycles. The molecule has 1 unspecified atom stereocenters. The molecule has 0 spiro atoms. The van der Waals surface area contributed by atoms with Crippen LogP contribution in [0.2, 0.25) is 0 Å². The van der Waals surface area contributed by atoms with Gasteiger partial charge in [0, 0.05) is 12.8 Å². The Bertz CT molecular complexity index is 334. The van der Waals surface area contributed by atoms with Gasteiger partial charge in [-0.25, -0.2) is 4.39 Å². The fourth-order valence-corrected chi connectivity index (χ4v) is 1.49. The zero-order valence-electron chi connectivity index (χ0n) is 8.74. The molecule has 0 aliphatic carbocycles. The van der Waals surface area contributed by atoms with Crippen molar-refractivity contribution in [3.63, 3.8) is 0 Å². The highest BCUT2D eigenvalue weighted by molar-refractivity contribution is 5.67. The maximum absolute atomic E-state index is 12.7. The molecule has 0 aromatic heterocycles. The van der Waals surface area contributed by atoms with Crippen LogP contribution in [0, 0.1) is 0 Å². The highest BCUT2D eigenvalue weighted by atomic mass is 19.1.